The zero-order valence-electron chi connectivity index (χ0n) is 36.1. The third kappa shape index (κ3) is 5.83. The Bertz CT molecular complexity index is 3400. The highest BCUT2D eigenvalue weighted by atomic mass is 19.1. The molecule has 8 heterocycles. The number of hydrogen-bond donors (Lipinski definition) is 1. The number of hydrogen-bond acceptors (Lipinski definition) is 9. The van der Waals surface area contributed by atoms with E-state index in [9.17, 15) is 9.59 Å². The fourth-order valence-electron chi connectivity index (χ4n) is 11.1. The molecule has 2 bridgehead atoms. The van der Waals surface area contributed by atoms with Gasteiger partial charge in [-0.05, 0) is 111 Å². The van der Waals surface area contributed by atoms with E-state index in [1.807, 2.05) is 24.0 Å². The first-order chi connectivity index (χ1) is 31.4. The van der Waals surface area contributed by atoms with Crippen molar-refractivity contribution in [3.63, 3.8) is 0 Å². The average molecular weight is 879 g/mol. The second-order valence-electron chi connectivity index (χ2n) is 18.3. The Morgan fingerprint density at radius 2 is 1.71 bits per heavy atom. The van der Waals surface area contributed by atoms with Crippen LogP contribution in [0, 0.1) is 31.4 Å². The van der Waals surface area contributed by atoms with Crippen molar-refractivity contribution in [1.82, 2.24) is 48.7 Å². The molecule has 4 aliphatic rings. The number of halogens is 2. The van der Waals surface area contributed by atoms with E-state index in [1.54, 1.807) is 60.7 Å². The predicted molar refractivity (Wildman–Crippen MR) is 234 cm³/mol. The van der Waals surface area contributed by atoms with Crippen LogP contribution < -0.4 is 11.4 Å². The number of aromatic nitrogens is 9. The van der Waals surface area contributed by atoms with E-state index >= 15 is 13.6 Å². The second-order valence-corrected chi connectivity index (χ2v) is 18.3. The van der Waals surface area contributed by atoms with Gasteiger partial charge in [0, 0.05) is 56.1 Å². The van der Waals surface area contributed by atoms with Gasteiger partial charge in [-0.1, -0.05) is 24.2 Å². The maximum atomic E-state index is 16.2. The largest absolute Gasteiger partial charge is 0.438 e. The Balaban J connectivity index is 1.02. The van der Waals surface area contributed by atoms with Crippen LogP contribution in [-0.2, 0) is 23.6 Å². The minimum absolute atomic E-state index is 0.0184. The monoisotopic (exact) mass is 878 g/mol. The molecule has 2 unspecified atom stereocenters. The molecule has 0 spiro atoms. The Kier molecular flexibility index (Phi) is 8.67. The first-order valence-electron chi connectivity index (χ1n) is 22.1. The third-order valence-electron chi connectivity index (χ3n) is 14.6. The molecule has 2 saturated heterocycles. The second kappa shape index (κ2) is 14.2. The van der Waals surface area contributed by atoms with Crippen LogP contribution in [0.15, 0.2) is 81.2 Å². The maximum absolute atomic E-state index is 16.2. The van der Waals surface area contributed by atoms with Crippen LogP contribution in [0.3, 0.4) is 0 Å². The molecule has 5 aromatic heterocycles. The summed E-state index contributed by atoms with van der Waals surface area (Å²) >= 11 is 0. The van der Waals surface area contributed by atoms with E-state index in [4.69, 9.17) is 19.3 Å². The highest BCUT2D eigenvalue weighted by Gasteiger charge is 2.60. The summed E-state index contributed by atoms with van der Waals surface area (Å²) < 4.78 is 47.9. The van der Waals surface area contributed by atoms with Gasteiger partial charge in [0.05, 0.1) is 62.4 Å². The van der Waals surface area contributed by atoms with Crippen LogP contribution in [0.4, 0.5) is 8.78 Å². The molecule has 8 aromatic rings. The van der Waals surface area contributed by atoms with Gasteiger partial charge in [0.25, 0.3) is 5.91 Å². The molecule has 4 atom stereocenters. The molecular formula is C48H44F2N10O5. The zero-order valence-corrected chi connectivity index (χ0v) is 36.1. The summed E-state index contributed by atoms with van der Waals surface area (Å²) in [7, 11) is 1.72. The lowest BCUT2D eigenvalue weighted by Crippen LogP contribution is -2.43. The zero-order chi connectivity index (χ0) is 44.6. The van der Waals surface area contributed by atoms with Crippen LogP contribution in [0.25, 0.3) is 39.0 Å². The Hall–Kier alpha value is -7.01. The van der Waals surface area contributed by atoms with E-state index in [2.05, 4.69) is 27.4 Å². The summed E-state index contributed by atoms with van der Waals surface area (Å²) in [6.07, 6.45) is 8.57. The number of imidazole rings is 1. The number of carbonyl (C=O) groups is 1. The minimum atomic E-state index is -0.876. The third-order valence-corrected chi connectivity index (χ3v) is 14.6. The molecule has 15 nitrogen and oxygen atoms in total. The van der Waals surface area contributed by atoms with Gasteiger partial charge in [-0.3, -0.25) is 33.1 Å². The summed E-state index contributed by atoms with van der Waals surface area (Å²) in [5.74, 6) is -0.847. The van der Waals surface area contributed by atoms with Gasteiger partial charge in [-0.25, -0.2) is 23.1 Å². The molecule has 12 rings (SSSR count). The lowest BCUT2D eigenvalue weighted by Gasteiger charge is -2.35. The van der Waals surface area contributed by atoms with Crippen molar-refractivity contribution in [2.75, 3.05) is 13.2 Å². The molecule has 1 amide bonds. The van der Waals surface area contributed by atoms with Crippen LogP contribution >= 0.6 is 0 Å². The number of rotatable bonds is 7. The van der Waals surface area contributed by atoms with Crippen LogP contribution in [0.1, 0.15) is 101 Å². The van der Waals surface area contributed by atoms with Gasteiger partial charge in [-0.15, -0.1) is 0 Å². The molecule has 17 heteroatoms. The van der Waals surface area contributed by atoms with Gasteiger partial charge < -0.3 is 9.64 Å². The van der Waals surface area contributed by atoms with Crippen LogP contribution in [0.2, 0.25) is 0 Å². The first-order valence-corrected chi connectivity index (χ1v) is 22.1. The van der Waals surface area contributed by atoms with E-state index in [0.717, 1.165) is 29.3 Å². The van der Waals surface area contributed by atoms with Gasteiger partial charge in [-0.2, -0.15) is 10.2 Å². The van der Waals surface area contributed by atoms with Crippen molar-refractivity contribution >= 4 is 27.7 Å². The Morgan fingerprint density at radius 3 is 2.45 bits per heavy atom. The van der Waals surface area contributed by atoms with E-state index in [0.29, 0.717) is 101 Å². The topological polar surface area (TPSA) is 164 Å². The quantitative estimate of drug-likeness (QED) is 0.179. The number of ether oxygens (including phenoxy) is 1. The van der Waals surface area contributed by atoms with Crippen molar-refractivity contribution in [3.05, 3.63) is 145 Å². The van der Waals surface area contributed by atoms with Crippen molar-refractivity contribution in [2.45, 2.75) is 82.7 Å². The Labute approximate surface area is 369 Å². The van der Waals surface area contributed by atoms with Gasteiger partial charge in [0.2, 0.25) is 0 Å². The number of aromatic amines is 1. The summed E-state index contributed by atoms with van der Waals surface area (Å²) in [6.45, 7) is 6.80. The lowest BCUT2D eigenvalue weighted by molar-refractivity contribution is 0.0643. The first kappa shape index (κ1) is 39.6. The standard InChI is InChI=1S/C48H44F2N10O5/c1-24-17-31(18-25(2)40(24)49)60-43(58-14-13-57(47(58)63)38-10-9-36-33(41(38)50)23-51-56(36)4)39-35(54-60)21-30-7-8-37(39)59(30)44(61)32-19-29-6-5-28(27-11-15-64-16-12-27)20-34(29)52-42(32)48(22-26(48)3)45-53-46(62)65-55-45/h5-6,9-10,13-14,17-20,23,26-27,30,37H,7-8,11-12,15-16,21-22H2,1-4H3,(H,53,55,62)/t26?,30-,37+,48?/m1/s1. The van der Waals surface area contributed by atoms with Gasteiger partial charge in [0.1, 0.15) is 11.6 Å². The molecule has 65 heavy (non-hydrogen) atoms. The molecule has 1 aliphatic carbocycles. The fourth-order valence-corrected chi connectivity index (χ4v) is 11.1. The van der Waals surface area contributed by atoms with Crippen molar-refractivity contribution in [3.8, 4) is 17.2 Å². The molecule has 330 valence electrons. The summed E-state index contributed by atoms with van der Waals surface area (Å²) in [4.78, 5) is 52.9. The minimum Gasteiger partial charge on any atom is -0.381 e. The SMILES string of the molecule is Cc1cc(-n2nc3c(c2-n2ccn(-c4ccc5c(cnn5C)c4F)c2=O)[C@@H]2CC[C@H](C3)N2C(=O)c2cc3ccc(C4CCOCC4)cc3nc2C2(c3noc(=O)[nH]3)CC2C)cc(C)c1F. The van der Waals surface area contributed by atoms with Gasteiger partial charge >= 0.3 is 11.4 Å². The smallest absolute Gasteiger partial charge is 0.381 e. The van der Waals surface area contributed by atoms with Crippen molar-refractivity contribution < 1.29 is 22.8 Å². The summed E-state index contributed by atoms with van der Waals surface area (Å²) in [5.41, 5.74) is 4.75. The number of nitrogens with one attached hydrogen (secondary N) is 1. The van der Waals surface area contributed by atoms with Crippen molar-refractivity contribution in [1.29, 1.82) is 0 Å². The number of nitrogens with zero attached hydrogens (tertiary/aromatic N) is 9. The molecular weight excluding hydrogens is 835 g/mol. The molecule has 3 fully saturated rings. The number of fused-ring (bicyclic) bond motifs is 6. The molecule has 1 saturated carbocycles. The van der Waals surface area contributed by atoms with Crippen molar-refractivity contribution in [2.24, 2.45) is 13.0 Å². The summed E-state index contributed by atoms with van der Waals surface area (Å²) in [5, 5.41) is 14.6. The molecule has 3 aromatic carbocycles. The highest BCUT2D eigenvalue weighted by Crippen LogP contribution is 2.58. The van der Waals surface area contributed by atoms with Gasteiger partial charge in [0.15, 0.2) is 11.6 Å². The summed E-state index contributed by atoms with van der Waals surface area (Å²) in [6, 6.07) is 14.0. The van der Waals surface area contributed by atoms with E-state index in [1.165, 1.54) is 21.5 Å². The van der Waals surface area contributed by atoms with Crippen LogP contribution in [-0.4, -0.2) is 73.9 Å². The number of amides is 1. The van der Waals surface area contributed by atoms with Crippen LogP contribution in [0.5, 0.6) is 0 Å². The van der Waals surface area contributed by atoms with E-state index < -0.39 is 28.7 Å². The number of aryl methyl sites for hydroxylation is 3. The maximum Gasteiger partial charge on any atom is 0.438 e. The number of H-pyrrole nitrogens is 1. The lowest BCUT2D eigenvalue weighted by atomic mass is 9.88. The molecule has 3 aliphatic heterocycles. The van der Waals surface area contributed by atoms with E-state index in [-0.39, 0.29) is 34.8 Å². The number of carbonyl (C=O) groups excluding carboxylic acids is 1. The number of pyridine rings is 1. The number of benzene rings is 3. The fraction of sp³-hybridized carbons (Fsp3) is 0.354. The highest BCUT2D eigenvalue weighted by molar-refractivity contribution is 6.00. The Morgan fingerprint density at radius 1 is 0.938 bits per heavy atom. The molecule has 0 radical (unpaired) electrons. The molecule has 1 N–H and O–H groups in total. The average Bonchev–Trinajstić information content (AvgIpc) is 3.90. The predicted octanol–water partition coefficient (Wildman–Crippen LogP) is 6.94. The normalized spacial score (nSPS) is 21.8.